The molecular formula is C24H22O4. The van der Waals surface area contributed by atoms with Crippen molar-refractivity contribution in [2.75, 3.05) is 13.2 Å². The van der Waals surface area contributed by atoms with Gasteiger partial charge < -0.3 is 19.3 Å². The topological polar surface area (TPSA) is 47.9 Å². The third-order valence-electron chi connectivity index (χ3n) is 5.71. The highest BCUT2D eigenvalue weighted by Gasteiger charge is 2.29. The van der Waals surface area contributed by atoms with E-state index < -0.39 is 0 Å². The van der Waals surface area contributed by atoms with E-state index in [9.17, 15) is 5.11 Å². The van der Waals surface area contributed by atoms with Gasteiger partial charge in [0.25, 0.3) is 0 Å². The quantitative estimate of drug-likeness (QED) is 0.671. The van der Waals surface area contributed by atoms with Crippen LogP contribution in [0.3, 0.4) is 0 Å². The number of benzene rings is 3. The van der Waals surface area contributed by atoms with Gasteiger partial charge in [-0.1, -0.05) is 12.6 Å². The molecule has 0 spiro atoms. The molecule has 0 unspecified atom stereocenters. The lowest BCUT2D eigenvalue weighted by molar-refractivity contribution is 0.286. The summed E-state index contributed by atoms with van der Waals surface area (Å²) >= 11 is 0. The molecule has 4 nitrogen and oxygen atoms in total. The Hall–Kier alpha value is -3.14. The normalized spacial score (nSPS) is 14.6. The fourth-order valence-corrected chi connectivity index (χ4v) is 4.41. The summed E-state index contributed by atoms with van der Waals surface area (Å²) in [6.07, 6.45) is 0.910. The molecule has 0 amide bonds. The van der Waals surface area contributed by atoms with Gasteiger partial charge in [0, 0.05) is 22.8 Å². The fraction of sp³-hybridized carbons (Fsp3) is 0.250. The molecule has 4 heteroatoms. The van der Waals surface area contributed by atoms with Gasteiger partial charge in [-0.05, 0) is 60.4 Å². The first-order chi connectivity index (χ1) is 13.6. The highest BCUT2D eigenvalue weighted by atomic mass is 16.5. The first-order valence-electron chi connectivity index (χ1n) is 9.62. The summed E-state index contributed by atoms with van der Waals surface area (Å²) in [5, 5.41) is 12.8. The molecule has 3 aromatic carbocycles. The van der Waals surface area contributed by atoms with Crippen molar-refractivity contribution in [1.29, 1.82) is 0 Å². The molecule has 142 valence electrons. The molecule has 0 saturated carbocycles. The monoisotopic (exact) mass is 374 g/mol. The smallest absolute Gasteiger partial charge is 0.134 e. The Bertz CT molecular complexity index is 1140. The minimum absolute atomic E-state index is 0.229. The lowest BCUT2D eigenvalue weighted by Gasteiger charge is -2.18. The van der Waals surface area contributed by atoms with Crippen LogP contribution in [0.25, 0.3) is 27.7 Å². The van der Waals surface area contributed by atoms with Gasteiger partial charge in [-0.3, -0.25) is 0 Å². The van der Waals surface area contributed by atoms with Gasteiger partial charge in [0.15, 0.2) is 0 Å². The van der Waals surface area contributed by atoms with Crippen molar-refractivity contribution >= 4 is 16.5 Å². The van der Waals surface area contributed by atoms with Gasteiger partial charge >= 0.3 is 0 Å². The van der Waals surface area contributed by atoms with Crippen LogP contribution < -0.4 is 9.47 Å². The van der Waals surface area contributed by atoms with Gasteiger partial charge in [0.2, 0.25) is 0 Å². The van der Waals surface area contributed by atoms with Crippen molar-refractivity contribution in [3.8, 4) is 28.4 Å². The number of phenols is 1. The third-order valence-corrected chi connectivity index (χ3v) is 5.71. The lowest BCUT2D eigenvalue weighted by Crippen LogP contribution is -1.99. The van der Waals surface area contributed by atoms with E-state index in [1.807, 2.05) is 32.0 Å². The van der Waals surface area contributed by atoms with Crippen molar-refractivity contribution in [1.82, 2.24) is 0 Å². The summed E-state index contributed by atoms with van der Waals surface area (Å²) in [5.74, 6) is 2.53. The Morgan fingerprint density at radius 1 is 1.14 bits per heavy atom. The van der Waals surface area contributed by atoms with Gasteiger partial charge in [0.1, 0.15) is 29.6 Å². The number of aromatic hydroxyl groups is 1. The number of hydrogen-bond donors (Lipinski definition) is 1. The average Bonchev–Trinajstić information content (AvgIpc) is 3.31. The fourth-order valence-electron chi connectivity index (χ4n) is 4.41. The van der Waals surface area contributed by atoms with E-state index in [-0.39, 0.29) is 5.75 Å². The number of aryl methyl sites for hydroxylation is 1. The largest absolute Gasteiger partial charge is 0.507 e. The Morgan fingerprint density at radius 2 is 2.00 bits per heavy atom. The second kappa shape index (κ2) is 6.20. The van der Waals surface area contributed by atoms with Crippen molar-refractivity contribution in [2.45, 2.75) is 26.9 Å². The molecule has 0 saturated heterocycles. The Labute approximate surface area is 164 Å². The van der Waals surface area contributed by atoms with E-state index in [4.69, 9.17) is 14.2 Å². The molecule has 2 heterocycles. The van der Waals surface area contributed by atoms with Crippen LogP contribution >= 0.6 is 0 Å². The predicted octanol–water partition coefficient (Wildman–Crippen LogP) is 5.36. The van der Waals surface area contributed by atoms with E-state index in [2.05, 4.69) is 18.7 Å². The van der Waals surface area contributed by atoms with E-state index in [1.54, 1.807) is 0 Å². The highest BCUT2D eigenvalue weighted by Crippen LogP contribution is 2.49. The maximum absolute atomic E-state index is 11.0. The third kappa shape index (κ3) is 2.30. The van der Waals surface area contributed by atoms with Crippen LogP contribution in [0.4, 0.5) is 0 Å². The van der Waals surface area contributed by atoms with E-state index >= 15 is 0 Å². The number of phenolic OH excluding ortho intramolecular Hbond substituents is 1. The summed E-state index contributed by atoms with van der Waals surface area (Å²) in [6, 6.07) is 10.2. The van der Waals surface area contributed by atoms with E-state index in [1.165, 1.54) is 5.56 Å². The van der Waals surface area contributed by atoms with Crippen LogP contribution in [-0.2, 0) is 17.8 Å². The molecule has 3 aromatic rings. The van der Waals surface area contributed by atoms with Crippen LogP contribution in [0.5, 0.6) is 17.2 Å². The van der Waals surface area contributed by atoms with E-state index in [0.717, 1.165) is 57.6 Å². The second-order valence-corrected chi connectivity index (χ2v) is 7.25. The number of ether oxygens (including phenoxy) is 3. The molecule has 1 N–H and O–H groups in total. The molecule has 0 aliphatic carbocycles. The van der Waals surface area contributed by atoms with Crippen molar-refractivity contribution in [3.05, 3.63) is 59.2 Å². The number of fused-ring (bicyclic) bond motifs is 3. The summed E-state index contributed by atoms with van der Waals surface area (Å²) < 4.78 is 17.3. The minimum Gasteiger partial charge on any atom is -0.507 e. The molecule has 2 aliphatic heterocycles. The van der Waals surface area contributed by atoms with Crippen molar-refractivity contribution in [3.63, 3.8) is 0 Å². The van der Waals surface area contributed by atoms with Gasteiger partial charge in [0.05, 0.1) is 18.8 Å². The van der Waals surface area contributed by atoms with Gasteiger partial charge in [-0.2, -0.15) is 0 Å². The summed E-state index contributed by atoms with van der Waals surface area (Å²) in [7, 11) is 0. The summed E-state index contributed by atoms with van der Waals surface area (Å²) in [5.41, 5.74) is 6.09. The highest BCUT2D eigenvalue weighted by molar-refractivity contribution is 6.08. The molecule has 0 bridgehead atoms. The molecule has 0 radical (unpaired) electrons. The van der Waals surface area contributed by atoms with E-state index in [0.29, 0.717) is 24.5 Å². The van der Waals surface area contributed by atoms with Gasteiger partial charge in [-0.15, -0.1) is 0 Å². The predicted molar refractivity (Wildman–Crippen MR) is 110 cm³/mol. The molecule has 2 aliphatic rings. The maximum atomic E-state index is 11.0. The van der Waals surface area contributed by atoms with Crippen LogP contribution in [0, 0.1) is 6.92 Å². The van der Waals surface area contributed by atoms with Crippen LogP contribution in [-0.4, -0.2) is 18.3 Å². The lowest BCUT2D eigenvalue weighted by atomic mass is 9.86. The molecule has 0 atom stereocenters. The minimum atomic E-state index is 0.229. The van der Waals surface area contributed by atoms with Crippen LogP contribution in [0.15, 0.2) is 36.9 Å². The molecule has 5 rings (SSSR count). The number of hydrogen-bond acceptors (Lipinski definition) is 4. The molecule has 0 fully saturated rings. The second-order valence-electron chi connectivity index (χ2n) is 7.25. The molecule has 28 heavy (non-hydrogen) atoms. The van der Waals surface area contributed by atoms with Gasteiger partial charge in [-0.25, -0.2) is 0 Å². The summed E-state index contributed by atoms with van der Waals surface area (Å²) in [4.78, 5) is 0. The van der Waals surface area contributed by atoms with Crippen molar-refractivity contribution in [2.24, 2.45) is 0 Å². The zero-order valence-corrected chi connectivity index (χ0v) is 16.1. The molecule has 0 aromatic heterocycles. The number of rotatable bonds is 3. The average molecular weight is 374 g/mol. The Kier molecular flexibility index (Phi) is 3.76. The van der Waals surface area contributed by atoms with Crippen LogP contribution in [0.1, 0.15) is 29.2 Å². The van der Waals surface area contributed by atoms with Crippen molar-refractivity contribution < 1.29 is 19.3 Å². The maximum Gasteiger partial charge on any atom is 0.134 e. The Balaban J connectivity index is 1.90. The summed E-state index contributed by atoms with van der Waals surface area (Å²) in [6.45, 7) is 9.74. The molecular weight excluding hydrogens is 352 g/mol. The SMILES string of the molecule is C=C1OCc2c1c(O)c1ccc(OCC)c(C)c1c2-c1ccc2c(c1)CCO2. The first kappa shape index (κ1) is 17.0. The zero-order valence-electron chi connectivity index (χ0n) is 16.1. The standard InChI is InChI=1S/C24H22O4/c1-4-26-19-8-6-17-21(13(19)2)23(18-12-28-14(3)22(18)24(17)25)16-5-7-20-15(11-16)9-10-27-20/h5-8,11,25H,3-4,9-10,12H2,1-2H3. The van der Waals surface area contributed by atoms with Crippen LogP contribution in [0.2, 0.25) is 0 Å². The zero-order chi connectivity index (χ0) is 19.4. The first-order valence-corrected chi connectivity index (χ1v) is 9.62. The Morgan fingerprint density at radius 3 is 2.82 bits per heavy atom.